The Labute approximate surface area is 189 Å². The summed E-state index contributed by atoms with van der Waals surface area (Å²) in [7, 11) is 1.65. The predicted molar refractivity (Wildman–Crippen MR) is 123 cm³/mol. The largest absolute Gasteiger partial charge is 0.383 e. The van der Waals surface area contributed by atoms with Gasteiger partial charge in [0.2, 0.25) is 5.91 Å². The van der Waals surface area contributed by atoms with Crippen molar-refractivity contribution in [1.29, 1.82) is 0 Å². The average Bonchev–Trinajstić information content (AvgIpc) is 3.50. The van der Waals surface area contributed by atoms with Crippen LogP contribution in [0.1, 0.15) is 23.2 Å². The third-order valence-electron chi connectivity index (χ3n) is 4.85. The number of anilines is 1. The molecule has 1 aliphatic carbocycles. The molecule has 4 rings (SSSR count). The summed E-state index contributed by atoms with van der Waals surface area (Å²) in [6.07, 6.45) is 2.06. The van der Waals surface area contributed by atoms with Crippen molar-refractivity contribution in [3.63, 3.8) is 0 Å². The third kappa shape index (κ3) is 5.58. The fourth-order valence-electron chi connectivity index (χ4n) is 3.15. The summed E-state index contributed by atoms with van der Waals surface area (Å²) < 4.78 is 7.23. The van der Waals surface area contributed by atoms with Crippen LogP contribution in [0.15, 0.2) is 47.6 Å². The standard InChI is InChI=1S/C22H23ClN4O3S/c1-30-10-9-27-19-8-5-15(23)12-18(19)26-22(27)31-13-20(28)24-17-4-2-3-14(11-17)21(29)25-16-6-7-16/h2-5,8,11-12,16H,6-7,9-10,13H2,1H3,(H,24,28)(H,25,29). The van der Waals surface area contributed by atoms with Crippen molar-refractivity contribution in [3.8, 4) is 0 Å². The maximum atomic E-state index is 12.5. The van der Waals surface area contributed by atoms with E-state index < -0.39 is 0 Å². The number of imidazole rings is 1. The van der Waals surface area contributed by atoms with E-state index in [9.17, 15) is 9.59 Å². The summed E-state index contributed by atoms with van der Waals surface area (Å²) in [5, 5.41) is 7.15. The molecular weight excluding hydrogens is 436 g/mol. The molecular formula is C22H23ClN4O3S. The van der Waals surface area contributed by atoms with Crippen molar-refractivity contribution in [2.24, 2.45) is 0 Å². The Balaban J connectivity index is 1.41. The first kappa shape index (κ1) is 21.7. The van der Waals surface area contributed by atoms with Gasteiger partial charge in [0.25, 0.3) is 5.91 Å². The summed E-state index contributed by atoms with van der Waals surface area (Å²) >= 11 is 7.44. The molecule has 0 aliphatic heterocycles. The van der Waals surface area contributed by atoms with Gasteiger partial charge in [0.15, 0.2) is 5.16 Å². The van der Waals surface area contributed by atoms with Crippen LogP contribution in [0.5, 0.6) is 0 Å². The van der Waals surface area contributed by atoms with E-state index in [2.05, 4.69) is 15.6 Å². The lowest BCUT2D eigenvalue weighted by Crippen LogP contribution is -2.25. The van der Waals surface area contributed by atoms with Gasteiger partial charge in [-0.3, -0.25) is 9.59 Å². The van der Waals surface area contributed by atoms with Crippen LogP contribution in [-0.2, 0) is 16.1 Å². The monoisotopic (exact) mass is 458 g/mol. The van der Waals surface area contributed by atoms with E-state index in [0.29, 0.717) is 29.4 Å². The van der Waals surface area contributed by atoms with Crippen molar-refractivity contribution in [1.82, 2.24) is 14.9 Å². The number of nitrogens with zero attached hydrogens (tertiary/aromatic N) is 2. The van der Waals surface area contributed by atoms with Crippen LogP contribution in [0.4, 0.5) is 5.69 Å². The topological polar surface area (TPSA) is 85.2 Å². The number of fused-ring (bicyclic) bond motifs is 1. The molecule has 0 spiro atoms. The Morgan fingerprint density at radius 2 is 2.10 bits per heavy atom. The van der Waals surface area contributed by atoms with Crippen molar-refractivity contribution in [2.45, 2.75) is 30.6 Å². The van der Waals surface area contributed by atoms with Crippen LogP contribution in [0, 0.1) is 0 Å². The highest BCUT2D eigenvalue weighted by atomic mass is 35.5. The molecule has 1 saturated carbocycles. The Kier molecular flexibility index (Phi) is 6.80. The first-order valence-electron chi connectivity index (χ1n) is 10.0. The number of hydrogen-bond acceptors (Lipinski definition) is 5. The number of benzene rings is 2. The van der Waals surface area contributed by atoms with E-state index in [0.717, 1.165) is 29.0 Å². The Morgan fingerprint density at radius 1 is 1.26 bits per heavy atom. The number of hydrogen-bond donors (Lipinski definition) is 2. The lowest BCUT2D eigenvalue weighted by Gasteiger charge is -2.09. The van der Waals surface area contributed by atoms with Crippen molar-refractivity contribution >= 4 is 51.9 Å². The van der Waals surface area contributed by atoms with Gasteiger partial charge in [-0.25, -0.2) is 4.98 Å². The van der Waals surface area contributed by atoms with Gasteiger partial charge in [-0.1, -0.05) is 29.4 Å². The first-order valence-corrected chi connectivity index (χ1v) is 11.4. The van der Waals surface area contributed by atoms with Crippen molar-refractivity contribution < 1.29 is 14.3 Å². The molecule has 1 aromatic heterocycles. The fourth-order valence-corrected chi connectivity index (χ4v) is 4.16. The van der Waals surface area contributed by atoms with Gasteiger partial charge in [0.05, 0.1) is 23.4 Å². The molecule has 0 atom stereocenters. The van der Waals surface area contributed by atoms with Gasteiger partial charge in [0.1, 0.15) is 0 Å². The summed E-state index contributed by atoms with van der Waals surface area (Å²) in [6, 6.07) is 12.8. The van der Waals surface area contributed by atoms with E-state index in [1.54, 1.807) is 31.4 Å². The lowest BCUT2D eigenvalue weighted by atomic mass is 10.2. The minimum Gasteiger partial charge on any atom is -0.383 e. The Morgan fingerprint density at radius 3 is 2.87 bits per heavy atom. The molecule has 1 aliphatic rings. The second-order valence-electron chi connectivity index (χ2n) is 7.34. The molecule has 0 saturated heterocycles. The Bertz CT molecular complexity index is 1110. The number of amides is 2. The van der Waals surface area contributed by atoms with Crippen LogP contribution in [0.25, 0.3) is 11.0 Å². The number of nitrogens with one attached hydrogen (secondary N) is 2. The zero-order valence-corrected chi connectivity index (χ0v) is 18.6. The predicted octanol–water partition coefficient (Wildman–Crippen LogP) is 3.96. The molecule has 0 radical (unpaired) electrons. The second-order valence-corrected chi connectivity index (χ2v) is 8.72. The molecule has 9 heteroatoms. The number of ether oxygens (including phenoxy) is 1. The van der Waals surface area contributed by atoms with Gasteiger partial charge in [0, 0.05) is 36.0 Å². The van der Waals surface area contributed by atoms with Crippen molar-refractivity contribution in [3.05, 3.63) is 53.1 Å². The molecule has 7 nitrogen and oxygen atoms in total. The third-order valence-corrected chi connectivity index (χ3v) is 6.06. The molecule has 2 N–H and O–H groups in total. The van der Waals surface area contributed by atoms with E-state index in [1.807, 2.05) is 22.8 Å². The molecule has 1 heterocycles. The van der Waals surface area contributed by atoms with Crippen LogP contribution < -0.4 is 10.6 Å². The SMILES string of the molecule is COCCn1c(SCC(=O)Nc2cccc(C(=O)NC3CC3)c2)nc2cc(Cl)ccc21. The average molecular weight is 459 g/mol. The van der Waals surface area contributed by atoms with Gasteiger partial charge < -0.3 is 19.9 Å². The number of halogens is 1. The van der Waals surface area contributed by atoms with E-state index in [1.165, 1.54) is 11.8 Å². The maximum Gasteiger partial charge on any atom is 0.251 e. The molecule has 0 unspecified atom stereocenters. The van der Waals surface area contributed by atoms with E-state index in [-0.39, 0.29) is 23.6 Å². The maximum absolute atomic E-state index is 12.5. The number of rotatable bonds is 9. The highest BCUT2D eigenvalue weighted by Gasteiger charge is 2.23. The molecule has 2 amide bonds. The van der Waals surface area contributed by atoms with Crippen LogP contribution in [-0.4, -0.2) is 46.9 Å². The van der Waals surface area contributed by atoms with Crippen molar-refractivity contribution in [2.75, 3.05) is 24.8 Å². The summed E-state index contributed by atoms with van der Waals surface area (Å²) in [6.45, 7) is 1.15. The normalized spacial score (nSPS) is 13.4. The number of carbonyl (C=O) groups excluding carboxylic acids is 2. The smallest absolute Gasteiger partial charge is 0.251 e. The van der Waals surface area contributed by atoms with Crippen LogP contribution >= 0.6 is 23.4 Å². The number of methoxy groups -OCH3 is 1. The summed E-state index contributed by atoms with van der Waals surface area (Å²) in [4.78, 5) is 29.4. The van der Waals surface area contributed by atoms with E-state index >= 15 is 0 Å². The highest BCUT2D eigenvalue weighted by molar-refractivity contribution is 7.99. The van der Waals surface area contributed by atoms with Gasteiger partial charge in [-0.15, -0.1) is 0 Å². The molecule has 31 heavy (non-hydrogen) atoms. The highest BCUT2D eigenvalue weighted by Crippen LogP contribution is 2.26. The van der Waals surface area contributed by atoms with Gasteiger partial charge in [-0.2, -0.15) is 0 Å². The first-order chi connectivity index (χ1) is 15.0. The van der Waals surface area contributed by atoms with Gasteiger partial charge >= 0.3 is 0 Å². The molecule has 0 bridgehead atoms. The van der Waals surface area contributed by atoms with Gasteiger partial charge in [-0.05, 0) is 49.2 Å². The molecule has 3 aromatic rings. The summed E-state index contributed by atoms with van der Waals surface area (Å²) in [5.74, 6) is -0.102. The van der Waals surface area contributed by atoms with Crippen LogP contribution in [0.2, 0.25) is 5.02 Å². The number of aromatic nitrogens is 2. The number of carbonyl (C=O) groups is 2. The lowest BCUT2D eigenvalue weighted by molar-refractivity contribution is -0.113. The summed E-state index contributed by atoms with van der Waals surface area (Å²) in [5.41, 5.74) is 2.85. The Hall–Kier alpha value is -2.55. The molecule has 1 fully saturated rings. The molecule has 2 aromatic carbocycles. The minimum atomic E-state index is -0.173. The van der Waals surface area contributed by atoms with Crippen LogP contribution in [0.3, 0.4) is 0 Å². The molecule has 162 valence electrons. The minimum absolute atomic E-state index is 0.113. The number of thioether (sulfide) groups is 1. The van der Waals surface area contributed by atoms with E-state index in [4.69, 9.17) is 16.3 Å². The second kappa shape index (κ2) is 9.72. The zero-order valence-electron chi connectivity index (χ0n) is 17.1. The quantitative estimate of drug-likeness (QED) is 0.474. The fraction of sp³-hybridized carbons (Fsp3) is 0.318. The zero-order chi connectivity index (χ0) is 21.8.